The van der Waals surface area contributed by atoms with Crippen molar-refractivity contribution < 1.29 is 32.2 Å². The van der Waals surface area contributed by atoms with Gasteiger partial charge in [0.2, 0.25) is 17.2 Å². The smallest absolute Gasteiger partial charge is 0.236 e. The van der Waals surface area contributed by atoms with Gasteiger partial charge in [0, 0.05) is 30.3 Å². The Hall–Kier alpha value is -3.04. The molecule has 180 valence electrons. The van der Waals surface area contributed by atoms with E-state index < -0.39 is 32.9 Å². The van der Waals surface area contributed by atoms with Gasteiger partial charge in [-0.15, -0.1) is 0 Å². The molecule has 0 saturated heterocycles. The molecule has 34 heavy (non-hydrogen) atoms. The Morgan fingerprint density at radius 2 is 1.82 bits per heavy atom. The van der Waals surface area contributed by atoms with Crippen LogP contribution < -0.4 is 19.5 Å². The van der Waals surface area contributed by atoms with E-state index in [4.69, 9.17) is 25.8 Å². The largest absolute Gasteiger partial charge is 0.496 e. The number of Topliss-reactive ketones (excluding diaryl/α,β-unsaturated/α-hetero) is 1. The van der Waals surface area contributed by atoms with Crippen LogP contribution in [0.2, 0.25) is 5.02 Å². The molecule has 1 heterocycles. The van der Waals surface area contributed by atoms with Crippen molar-refractivity contribution in [3.63, 3.8) is 0 Å². The third-order valence-corrected chi connectivity index (χ3v) is 8.23. The van der Waals surface area contributed by atoms with E-state index in [0.29, 0.717) is 12.1 Å². The number of methoxy groups -OCH3 is 2. The lowest BCUT2D eigenvalue weighted by Gasteiger charge is -2.35. The van der Waals surface area contributed by atoms with Crippen molar-refractivity contribution in [1.29, 1.82) is 0 Å². The van der Waals surface area contributed by atoms with Crippen molar-refractivity contribution >= 4 is 33.0 Å². The molecule has 0 amide bonds. The molecule has 1 aliphatic carbocycles. The monoisotopic (exact) mass is 505 g/mol. The lowest BCUT2D eigenvalue weighted by molar-refractivity contribution is -0.129. The van der Waals surface area contributed by atoms with E-state index in [1.165, 1.54) is 26.4 Å². The third-order valence-electron chi connectivity index (χ3n) is 6.14. The molecule has 2 atom stereocenters. The second kappa shape index (κ2) is 8.96. The van der Waals surface area contributed by atoms with Crippen LogP contribution in [0.1, 0.15) is 23.7 Å². The first-order chi connectivity index (χ1) is 16.2. The number of ketones is 2. The summed E-state index contributed by atoms with van der Waals surface area (Å²) in [5.41, 5.74) is -1.13. The first-order valence-electron chi connectivity index (χ1n) is 10.6. The highest BCUT2D eigenvalue weighted by Crippen LogP contribution is 2.52. The standard InChI is InChI=1S/C24H24ClNO7S/c1-14-11-15(26-9-10-34(29,30)16-7-5-4-6-8-16)12-19(27)24(14)23(28)20-17(31-2)13-18(32-3)21(25)22(20)33-24/h4-8,12-14,26H,9-11H2,1-3H3/t14-,24+/m1/s1. The summed E-state index contributed by atoms with van der Waals surface area (Å²) in [6.45, 7) is 1.84. The fourth-order valence-electron chi connectivity index (χ4n) is 4.34. The highest BCUT2D eigenvalue weighted by Gasteiger charge is 2.60. The van der Waals surface area contributed by atoms with Gasteiger partial charge in [-0.3, -0.25) is 9.59 Å². The summed E-state index contributed by atoms with van der Waals surface area (Å²) < 4.78 is 41.6. The summed E-state index contributed by atoms with van der Waals surface area (Å²) in [7, 11) is -0.644. The molecule has 2 aromatic rings. The molecule has 0 aromatic heterocycles. The summed E-state index contributed by atoms with van der Waals surface area (Å²) in [4.78, 5) is 27.0. The second-order valence-electron chi connectivity index (χ2n) is 8.16. The average Bonchev–Trinajstić information content (AvgIpc) is 3.13. The van der Waals surface area contributed by atoms with Crippen LogP contribution in [0, 0.1) is 5.92 Å². The van der Waals surface area contributed by atoms with Crippen LogP contribution in [0.5, 0.6) is 17.2 Å². The van der Waals surface area contributed by atoms with Crippen LogP contribution in [0.3, 0.4) is 0 Å². The maximum Gasteiger partial charge on any atom is 0.236 e. The Morgan fingerprint density at radius 3 is 2.44 bits per heavy atom. The minimum Gasteiger partial charge on any atom is -0.496 e. The molecule has 0 unspecified atom stereocenters. The van der Waals surface area contributed by atoms with Gasteiger partial charge in [-0.25, -0.2) is 8.42 Å². The van der Waals surface area contributed by atoms with Crippen molar-refractivity contribution in [3.8, 4) is 17.2 Å². The van der Waals surface area contributed by atoms with Crippen molar-refractivity contribution in [3.05, 3.63) is 58.8 Å². The highest BCUT2D eigenvalue weighted by molar-refractivity contribution is 7.91. The SMILES string of the molecule is COc1cc(OC)c2c(c1Cl)O[C@@]1(C(=O)C=C(NCCS(=O)(=O)c3ccccc3)C[C@H]1C)C2=O. The van der Waals surface area contributed by atoms with Crippen LogP contribution in [0.25, 0.3) is 0 Å². The summed E-state index contributed by atoms with van der Waals surface area (Å²) in [6, 6.07) is 9.64. The van der Waals surface area contributed by atoms with Crippen molar-refractivity contribution in [2.45, 2.75) is 23.8 Å². The van der Waals surface area contributed by atoms with Gasteiger partial charge in [-0.05, 0) is 18.6 Å². The van der Waals surface area contributed by atoms with Crippen LogP contribution in [0.15, 0.2) is 53.1 Å². The minimum absolute atomic E-state index is 0.0573. The number of carbonyl (C=O) groups excluding carboxylic acids is 2. The number of sulfone groups is 1. The van der Waals surface area contributed by atoms with Crippen LogP contribution in [0.4, 0.5) is 0 Å². The Balaban J connectivity index is 1.55. The number of carbonyl (C=O) groups is 2. The zero-order valence-electron chi connectivity index (χ0n) is 18.9. The number of benzene rings is 2. The topological polar surface area (TPSA) is 108 Å². The summed E-state index contributed by atoms with van der Waals surface area (Å²) in [5, 5.41) is 3.11. The zero-order valence-corrected chi connectivity index (χ0v) is 20.5. The summed E-state index contributed by atoms with van der Waals surface area (Å²) in [5.74, 6) is -1.24. The Kier molecular flexibility index (Phi) is 6.35. The fourth-order valence-corrected chi connectivity index (χ4v) is 5.79. The van der Waals surface area contributed by atoms with Gasteiger partial charge in [-0.2, -0.15) is 0 Å². The van der Waals surface area contributed by atoms with Gasteiger partial charge >= 0.3 is 0 Å². The number of rotatable bonds is 7. The predicted octanol–water partition coefficient (Wildman–Crippen LogP) is 3.23. The molecule has 2 aliphatic rings. The molecular weight excluding hydrogens is 482 g/mol. The maximum absolute atomic E-state index is 13.5. The summed E-state index contributed by atoms with van der Waals surface area (Å²) in [6.07, 6.45) is 1.60. The quantitative estimate of drug-likeness (QED) is 0.571. The molecule has 0 radical (unpaired) electrons. The number of hydrogen-bond donors (Lipinski definition) is 1. The van der Waals surface area contributed by atoms with Gasteiger partial charge in [0.15, 0.2) is 15.6 Å². The lowest BCUT2D eigenvalue weighted by Crippen LogP contribution is -2.55. The number of fused-ring (bicyclic) bond motifs is 1. The molecule has 4 rings (SSSR count). The lowest BCUT2D eigenvalue weighted by atomic mass is 9.74. The third kappa shape index (κ3) is 3.82. The van der Waals surface area contributed by atoms with Crippen LogP contribution in [-0.4, -0.2) is 52.1 Å². The normalized spacial score (nSPS) is 21.6. The van der Waals surface area contributed by atoms with Gasteiger partial charge in [0.1, 0.15) is 22.1 Å². The Morgan fingerprint density at radius 1 is 1.15 bits per heavy atom. The number of ether oxygens (including phenoxy) is 3. The first kappa shape index (κ1) is 24.1. The molecular formula is C24H24ClNO7S. The van der Waals surface area contributed by atoms with E-state index in [1.807, 2.05) is 0 Å². The minimum atomic E-state index is -3.47. The van der Waals surface area contributed by atoms with E-state index in [0.717, 1.165) is 0 Å². The number of nitrogens with one attached hydrogen (secondary N) is 1. The number of allylic oxidation sites excluding steroid dienone is 1. The number of halogens is 1. The molecule has 10 heteroatoms. The Bertz CT molecular complexity index is 1290. The van der Waals surface area contributed by atoms with E-state index in [1.54, 1.807) is 37.3 Å². The molecule has 8 nitrogen and oxygen atoms in total. The van der Waals surface area contributed by atoms with Gasteiger partial charge < -0.3 is 19.5 Å². The van der Waals surface area contributed by atoms with E-state index in [-0.39, 0.29) is 45.0 Å². The van der Waals surface area contributed by atoms with Gasteiger partial charge in [-0.1, -0.05) is 36.7 Å². The van der Waals surface area contributed by atoms with Crippen molar-refractivity contribution in [2.75, 3.05) is 26.5 Å². The van der Waals surface area contributed by atoms with E-state index >= 15 is 0 Å². The molecule has 2 aromatic carbocycles. The van der Waals surface area contributed by atoms with Gasteiger partial charge in [0.05, 0.1) is 24.9 Å². The van der Waals surface area contributed by atoms with Crippen molar-refractivity contribution in [1.82, 2.24) is 5.32 Å². The molecule has 0 fully saturated rings. The van der Waals surface area contributed by atoms with Crippen molar-refractivity contribution in [2.24, 2.45) is 5.92 Å². The van der Waals surface area contributed by atoms with Gasteiger partial charge in [0.25, 0.3) is 0 Å². The second-order valence-corrected chi connectivity index (χ2v) is 10.7. The van der Waals surface area contributed by atoms with Crippen LogP contribution >= 0.6 is 11.6 Å². The fraction of sp³-hybridized carbons (Fsp3) is 0.333. The average molecular weight is 506 g/mol. The highest BCUT2D eigenvalue weighted by atomic mass is 35.5. The molecule has 0 saturated carbocycles. The Labute approximate surface area is 202 Å². The maximum atomic E-state index is 13.5. The molecule has 1 spiro atoms. The first-order valence-corrected chi connectivity index (χ1v) is 12.6. The van der Waals surface area contributed by atoms with E-state index in [9.17, 15) is 18.0 Å². The summed E-state index contributed by atoms with van der Waals surface area (Å²) >= 11 is 6.38. The zero-order chi connectivity index (χ0) is 24.7. The molecule has 0 bridgehead atoms. The predicted molar refractivity (Wildman–Crippen MR) is 126 cm³/mol. The van der Waals surface area contributed by atoms with Crippen LogP contribution in [-0.2, 0) is 14.6 Å². The van der Waals surface area contributed by atoms with E-state index in [2.05, 4.69) is 5.32 Å². The molecule has 1 N–H and O–H groups in total. The number of hydrogen-bond acceptors (Lipinski definition) is 8. The molecule has 1 aliphatic heterocycles.